The summed E-state index contributed by atoms with van der Waals surface area (Å²) < 4.78 is 5.32. The molecule has 5 rings (SSSR count). The number of ether oxygens (including phenoxy) is 1. The first-order chi connectivity index (χ1) is 16.2. The molecule has 1 aliphatic heterocycles. The van der Waals surface area contributed by atoms with Crippen molar-refractivity contribution in [1.29, 1.82) is 0 Å². The molecule has 0 saturated carbocycles. The monoisotopic (exact) mass is 439 g/mol. The number of rotatable bonds is 4. The number of hydrogen-bond acceptors (Lipinski definition) is 4. The fraction of sp³-hybridized carbons (Fsp3) is 0.222. The molecule has 2 heterocycles. The Morgan fingerprint density at radius 3 is 2.52 bits per heavy atom. The fourth-order valence-corrected chi connectivity index (χ4v) is 4.59. The number of nitrogens with zero attached hydrogens (tertiary/aromatic N) is 2. The molecule has 0 unspecified atom stereocenters. The molecule has 0 spiro atoms. The topological polar surface area (TPSA) is 71.5 Å². The van der Waals surface area contributed by atoms with Gasteiger partial charge in [0.25, 0.3) is 5.91 Å². The summed E-state index contributed by atoms with van der Waals surface area (Å²) in [5.41, 5.74) is 2.00. The molecule has 0 atom stereocenters. The molecule has 1 aliphatic rings. The van der Waals surface area contributed by atoms with E-state index in [1.807, 2.05) is 65.6 Å². The third-order valence-electron chi connectivity index (χ3n) is 6.36. The predicted octanol–water partition coefficient (Wildman–Crippen LogP) is 4.89. The Balaban J connectivity index is 1.33. The van der Waals surface area contributed by atoms with Crippen molar-refractivity contribution < 1.29 is 14.3 Å². The van der Waals surface area contributed by atoms with Crippen LogP contribution in [-0.4, -0.2) is 41.9 Å². The van der Waals surface area contributed by atoms with Crippen molar-refractivity contribution >= 4 is 39.2 Å². The maximum Gasteiger partial charge on any atom is 0.256 e. The van der Waals surface area contributed by atoms with Crippen LogP contribution in [0.15, 0.2) is 72.9 Å². The molecule has 166 valence electrons. The van der Waals surface area contributed by atoms with Crippen molar-refractivity contribution in [1.82, 2.24) is 9.88 Å². The van der Waals surface area contributed by atoms with Gasteiger partial charge in [0.2, 0.25) is 5.91 Å². The van der Waals surface area contributed by atoms with Crippen molar-refractivity contribution in [3.05, 3.63) is 78.5 Å². The van der Waals surface area contributed by atoms with Gasteiger partial charge in [0, 0.05) is 30.6 Å². The average molecular weight is 440 g/mol. The number of para-hydroxylation sites is 2. The van der Waals surface area contributed by atoms with Gasteiger partial charge >= 0.3 is 0 Å². The van der Waals surface area contributed by atoms with Gasteiger partial charge in [0.15, 0.2) is 0 Å². The number of amides is 2. The number of nitrogens with one attached hydrogen (secondary N) is 1. The normalized spacial score (nSPS) is 14.4. The number of pyridine rings is 1. The first-order valence-corrected chi connectivity index (χ1v) is 11.2. The van der Waals surface area contributed by atoms with Crippen LogP contribution in [0.4, 0.5) is 5.69 Å². The second-order valence-electron chi connectivity index (χ2n) is 8.30. The van der Waals surface area contributed by atoms with Crippen LogP contribution in [-0.2, 0) is 4.79 Å². The molecule has 0 radical (unpaired) electrons. The number of likely N-dealkylation sites (tertiary alicyclic amines) is 1. The second-order valence-corrected chi connectivity index (χ2v) is 8.30. The maximum absolute atomic E-state index is 13.5. The predicted molar refractivity (Wildman–Crippen MR) is 130 cm³/mol. The van der Waals surface area contributed by atoms with E-state index in [1.54, 1.807) is 13.3 Å². The molecule has 4 aromatic rings. The van der Waals surface area contributed by atoms with Gasteiger partial charge in [-0.25, -0.2) is 0 Å². The van der Waals surface area contributed by atoms with Crippen molar-refractivity contribution in [3.63, 3.8) is 0 Å². The van der Waals surface area contributed by atoms with Crippen LogP contribution in [0.5, 0.6) is 5.75 Å². The zero-order valence-corrected chi connectivity index (χ0v) is 18.5. The Hall–Kier alpha value is -3.93. The maximum atomic E-state index is 13.5. The number of piperidine rings is 1. The number of aromatic nitrogens is 1. The lowest BCUT2D eigenvalue weighted by molar-refractivity contribution is -0.121. The third kappa shape index (κ3) is 4.00. The number of methoxy groups -OCH3 is 1. The van der Waals surface area contributed by atoms with Crippen LogP contribution < -0.4 is 10.1 Å². The lowest BCUT2D eigenvalue weighted by Gasteiger charge is -2.31. The number of fused-ring (bicyclic) bond motifs is 3. The first kappa shape index (κ1) is 20.9. The molecule has 3 aromatic carbocycles. The summed E-state index contributed by atoms with van der Waals surface area (Å²) in [5, 5.41) is 6.06. The number of carbonyl (C=O) groups is 2. The third-order valence-corrected chi connectivity index (χ3v) is 6.36. The lowest BCUT2D eigenvalue weighted by atomic mass is 9.94. The summed E-state index contributed by atoms with van der Waals surface area (Å²) in [6, 6.07) is 21.3. The Morgan fingerprint density at radius 1 is 0.970 bits per heavy atom. The molecule has 2 amide bonds. The molecule has 1 saturated heterocycles. The van der Waals surface area contributed by atoms with Gasteiger partial charge in [-0.05, 0) is 47.9 Å². The van der Waals surface area contributed by atoms with Gasteiger partial charge < -0.3 is 15.0 Å². The van der Waals surface area contributed by atoms with Crippen molar-refractivity contribution in [3.8, 4) is 5.75 Å². The van der Waals surface area contributed by atoms with Crippen molar-refractivity contribution in [2.45, 2.75) is 12.8 Å². The summed E-state index contributed by atoms with van der Waals surface area (Å²) in [4.78, 5) is 32.7. The van der Waals surface area contributed by atoms with E-state index in [-0.39, 0.29) is 17.7 Å². The van der Waals surface area contributed by atoms with Crippen LogP contribution >= 0.6 is 0 Å². The Morgan fingerprint density at radius 2 is 1.70 bits per heavy atom. The van der Waals surface area contributed by atoms with E-state index in [2.05, 4.69) is 16.4 Å². The van der Waals surface area contributed by atoms with Gasteiger partial charge in [-0.15, -0.1) is 0 Å². The molecule has 6 nitrogen and oxygen atoms in total. The van der Waals surface area contributed by atoms with E-state index in [9.17, 15) is 9.59 Å². The second kappa shape index (κ2) is 8.90. The average Bonchev–Trinajstić information content (AvgIpc) is 2.88. The Kier molecular flexibility index (Phi) is 5.65. The van der Waals surface area contributed by atoms with Crippen molar-refractivity contribution in [2.75, 3.05) is 25.5 Å². The Labute approximate surface area is 192 Å². The SMILES string of the molecule is COc1ccccc1NC(=O)C1CCN(C(=O)c2cc3ccccc3c3cccnc23)CC1. The van der Waals surface area contributed by atoms with E-state index < -0.39 is 0 Å². The van der Waals surface area contributed by atoms with Crippen LogP contribution in [0, 0.1) is 5.92 Å². The summed E-state index contributed by atoms with van der Waals surface area (Å²) in [6.07, 6.45) is 2.96. The van der Waals surface area contributed by atoms with Crippen LogP contribution in [0.1, 0.15) is 23.2 Å². The van der Waals surface area contributed by atoms with Crippen LogP contribution in [0.25, 0.3) is 21.7 Å². The smallest absolute Gasteiger partial charge is 0.256 e. The number of anilines is 1. The minimum absolute atomic E-state index is 0.0342. The van der Waals surface area contributed by atoms with E-state index in [0.717, 1.165) is 21.7 Å². The molecular weight excluding hydrogens is 414 g/mol. The standard InChI is InChI=1S/C27H25N3O3/c1-33-24-11-5-4-10-23(24)29-26(31)18-12-15-30(16-13-18)27(32)22-17-19-7-2-3-8-20(19)21-9-6-14-28-25(21)22/h2-11,14,17-18H,12-13,15-16H2,1H3,(H,29,31). The van der Waals surface area contributed by atoms with Gasteiger partial charge in [-0.3, -0.25) is 14.6 Å². The van der Waals surface area contributed by atoms with E-state index in [4.69, 9.17) is 4.74 Å². The van der Waals surface area contributed by atoms with Gasteiger partial charge in [0.05, 0.1) is 23.9 Å². The van der Waals surface area contributed by atoms with E-state index >= 15 is 0 Å². The molecule has 0 aliphatic carbocycles. The first-order valence-electron chi connectivity index (χ1n) is 11.2. The molecule has 1 aromatic heterocycles. The molecule has 0 bridgehead atoms. The van der Waals surface area contributed by atoms with Gasteiger partial charge in [-0.1, -0.05) is 42.5 Å². The number of carbonyl (C=O) groups excluding carboxylic acids is 2. The summed E-state index contributed by atoms with van der Waals surface area (Å²) in [7, 11) is 1.58. The highest BCUT2D eigenvalue weighted by Crippen LogP contribution is 2.30. The largest absolute Gasteiger partial charge is 0.495 e. The molecular formula is C27H25N3O3. The lowest BCUT2D eigenvalue weighted by Crippen LogP contribution is -2.41. The quantitative estimate of drug-likeness (QED) is 0.460. The highest BCUT2D eigenvalue weighted by molar-refractivity contribution is 6.15. The molecule has 6 heteroatoms. The highest BCUT2D eigenvalue weighted by Gasteiger charge is 2.29. The summed E-state index contributed by atoms with van der Waals surface area (Å²) in [6.45, 7) is 1.06. The highest BCUT2D eigenvalue weighted by atomic mass is 16.5. The minimum atomic E-state index is -0.148. The Bertz CT molecular complexity index is 1340. The molecule has 1 N–H and O–H groups in total. The minimum Gasteiger partial charge on any atom is -0.495 e. The number of benzene rings is 3. The van der Waals surface area contributed by atoms with E-state index in [0.29, 0.717) is 42.9 Å². The fourth-order valence-electron chi connectivity index (χ4n) is 4.59. The summed E-state index contributed by atoms with van der Waals surface area (Å²) in [5.74, 6) is 0.414. The van der Waals surface area contributed by atoms with Crippen molar-refractivity contribution in [2.24, 2.45) is 5.92 Å². The molecule has 1 fully saturated rings. The number of hydrogen-bond donors (Lipinski definition) is 1. The van der Waals surface area contributed by atoms with Gasteiger partial charge in [-0.2, -0.15) is 0 Å². The zero-order chi connectivity index (χ0) is 22.8. The van der Waals surface area contributed by atoms with Crippen LogP contribution in [0.2, 0.25) is 0 Å². The van der Waals surface area contributed by atoms with E-state index in [1.165, 1.54) is 0 Å². The van der Waals surface area contributed by atoms with Crippen LogP contribution in [0.3, 0.4) is 0 Å². The zero-order valence-electron chi connectivity index (χ0n) is 18.5. The molecule has 33 heavy (non-hydrogen) atoms. The van der Waals surface area contributed by atoms with Gasteiger partial charge in [0.1, 0.15) is 5.75 Å². The summed E-state index contributed by atoms with van der Waals surface area (Å²) >= 11 is 0.